The summed E-state index contributed by atoms with van der Waals surface area (Å²) in [5.74, 6) is -0.518. The maximum atomic E-state index is 12.1. The van der Waals surface area contributed by atoms with Crippen molar-refractivity contribution >= 4 is 23.2 Å². The van der Waals surface area contributed by atoms with E-state index in [4.69, 9.17) is 0 Å². The van der Waals surface area contributed by atoms with Gasteiger partial charge in [0.25, 0.3) is 5.91 Å². The number of hydrogen-bond donors (Lipinski definition) is 2. The minimum atomic E-state index is -0.731. The van der Waals surface area contributed by atoms with Gasteiger partial charge in [0.15, 0.2) is 0 Å². The largest absolute Gasteiger partial charge is 0.387 e. The van der Waals surface area contributed by atoms with E-state index in [2.05, 4.69) is 5.32 Å². The molecule has 0 spiro atoms. The normalized spacial score (nSPS) is 11.7. The van der Waals surface area contributed by atoms with E-state index in [-0.39, 0.29) is 24.9 Å². The molecule has 1 aromatic carbocycles. The van der Waals surface area contributed by atoms with Gasteiger partial charge in [-0.3, -0.25) is 9.59 Å². The lowest BCUT2D eigenvalue weighted by Crippen LogP contribution is -2.39. The average molecular weight is 318 g/mol. The van der Waals surface area contributed by atoms with Gasteiger partial charge in [-0.2, -0.15) is 11.3 Å². The number of amides is 2. The van der Waals surface area contributed by atoms with Gasteiger partial charge in [-0.25, -0.2) is 0 Å². The van der Waals surface area contributed by atoms with E-state index in [1.54, 1.807) is 31.3 Å². The molecule has 0 aliphatic carbocycles. The van der Waals surface area contributed by atoms with Crippen molar-refractivity contribution in [3.8, 4) is 0 Å². The zero-order valence-electron chi connectivity index (χ0n) is 12.2. The number of carbonyl (C=O) groups excluding carboxylic acids is 2. The lowest BCUT2D eigenvalue weighted by molar-refractivity contribution is -0.122. The van der Waals surface area contributed by atoms with Gasteiger partial charge in [-0.15, -0.1) is 0 Å². The number of likely N-dealkylation sites (N-methyl/N-ethyl adjacent to an activating group) is 1. The van der Waals surface area contributed by atoms with Gasteiger partial charge in [0, 0.05) is 19.2 Å². The number of nitrogens with one attached hydrogen (secondary N) is 1. The molecular formula is C16H18N2O3S. The molecule has 2 amide bonds. The lowest BCUT2D eigenvalue weighted by Gasteiger charge is -2.17. The standard InChI is InChI=1S/C16H18N2O3S/c1-18(16(21)12-5-3-2-4-6-12)10-15(20)17-9-14(19)13-7-8-22-11-13/h2-8,11,14,19H,9-10H2,1H3,(H,17,20). The molecule has 22 heavy (non-hydrogen) atoms. The van der Waals surface area contributed by atoms with E-state index in [0.717, 1.165) is 5.56 Å². The van der Waals surface area contributed by atoms with Crippen LogP contribution < -0.4 is 5.32 Å². The van der Waals surface area contributed by atoms with E-state index in [9.17, 15) is 14.7 Å². The lowest BCUT2D eigenvalue weighted by atomic mass is 10.2. The molecule has 0 aliphatic heterocycles. The third kappa shape index (κ3) is 4.41. The zero-order valence-corrected chi connectivity index (χ0v) is 13.0. The second-order valence-electron chi connectivity index (χ2n) is 4.90. The minimum absolute atomic E-state index is 0.0515. The Morgan fingerprint density at radius 3 is 2.64 bits per heavy atom. The SMILES string of the molecule is CN(CC(=O)NCC(O)c1ccsc1)C(=O)c1ccccc1. The molecule has 0 saturated carbocycles. The first-order valence-electron chi connectivity index (χ1n) is 6.85. The summed E-state index contributed by atoms with van der Waals surface area (Å²) in [6.45, 7) is 0.0764. The van der Waals surface area contributed by atoms with Crippen LogP contribution >= 0.6 is 11.3 Å². The Bertz CT molecular complexity index is 614. The number of hydrogen-bond acceptors (Lipinski definition) is 4. The molecule has 0 fully saturated rings. The fraction of sp³-hybridized carbons (Fsp3) is 0.250. The Morgan fingerprint density at radius 2 is 2.00 bits per heavy atom. The topological polar surface area (TPSA) is 69.6 Å². The number of carbonyl (C=O) groups is 2. The van der Waals surface area contributed by atoms with Crippen LogP contribution in [-0.2, 0) is 4.79 Å². The van der Waals surface area contributed by atoms with Crippen molar-refractivity contribution in [1.29, 1.82) is 0 Å². The van der Waals surface area contributed by atoms with E-state index < -0.39 is 6.10 Å². The number of aliphatic hydroxyl groups excluding tert-OH is 1. The predicted molar refractivity (Wildman–Crippen MR) is 85.7 cm³/mol. The molecule has 2 N–H and O–H groups in total. The summed E-state index contributed by atoms with van der Waals surface area (Å²) in [6.07, 6.45) is -0.731. The van der Waals surface area contributed by atoms with Crippen LogP contribution in [0.5, 0.6) is 0 Å². The van der Waals surface area contributed by atoms with Crippen molar-refractivity contribution in [2.45, 2.75) is 6.10 Å². The highest BCUT2D eigenvalue weighted by molar-refractivity contribution is 7.07. The van der Waals surface area contributed by atoms with Gasteiger partial charge in [0.2, 0.25) is 5.91 Å². The van der Waals surface area contributed by atoms with Crippen molar-refractivity contribution in [3.63, 3.8) is 0 Å². The van der Waals surface area contributed by atoms with E-state index in [0.29, 0.717) is 5.56 Å². The molecule has 2 rings (SSSR count). The molecule has 0 radical (unpaired) electrons. The molecule has 1 unspecified atom stereocenters. The molecule has 1 atom stereocenters. The van der Waals surface area contributed by atoms with Crippen LogP contribution in [0.1, 0.15) is 22.0 Å². The molecular weight excluding hydrogens is 300 g/mol. The van der Waals surface area contributed by atoms with E-state index in [1.165, 1.54) is 16.2 Å². The predicted octanol–water partition coefficient (Wildman–Crippen LogP) is 1.67. The van der Waals surface area contributed by atoms with Crippen molar-refractivity contribution in [2.75, 3.05) is 20.1 Å². The molecule has 0 bridgehead atoms. The molecule has 1 aromatic heterocycles. The Kier molecular flexibility index (Phi) is 5.68. The van der Waals surface area contributed by atoms with E-state index >= 15 is 0 Å². The van der Waals surface area contributed by atoms with Crippen LogP contribution in [0.3, 0.4) is 0 Å². The van der Waals surface area contributed by atoms with Crippen molar-refractivity contribution in [2.24, 2.45) is 0 Å². The number of aliphatic hydroxyl groups is 1. The molecule has 1 heterocycles. The van der Waals surface area contributed by atoms with Gasteiger partial charge >= 0.3 is 0 Å². The second-order valence-corrected chi connectivity index (χ2v) is 5.68. The first-order valence-corrected chi connectivity index (χ1v) is 7.79. The highest BCUT2D eigenvalue weighted by atomic mass is 32.1. The molecule has 0 saturated heterocycles. The average Bonchev–Trinajstić information content (AvgIpc) is 3.07. The Hall–Kier alpha value is -2.18. The number of rotatable bonds is 6. The molecule has 2 aromatic rings. The van der Waals surface area contributed by atoms with Crippen LogP contribution in [0.4, 0.5) is 0 Å². The van der Waals surface area contributed by atoms with Crippen molar-refractivity contribution in [3.05, 3.63) is 58.3 Å². The van der Waals surface area contributed by atoms with Crippen molar-refractivity contribution in [1.82, 2.24) is 10.2 Å². The third-order valence-electron chi connectivity index (χ3n) is 3.17. The highest BCUT2D eigenvalue weighted by Crippen LogP contribution is 2.14. The second kappa shape index (κ2) is 7.72. The monoisotopic (exact) mass is 318 g/mol. The van der Waals surface area contributed by atoms with Gasteiger partial charge in [0.05, 0.1) is 12.6 Å². The third-order valence-corrected chi connectivity index (χ3v) is 3.87. The van der Waals surface area contributed by atoms with E-state index in [1.807, 2.05) is 22.9 Å². The maximum Gasteiger partial charge on any atom is 0.254 e. The molecule has 5 nitrogen and oxygen atoms in total. The molecule has 0 aliphatic rings. The first kappa shape index (κ1) is 16.2. The van der Waals surface area contributed by atoms with Crippen LogP contribution in [0.15, 0.2) is 47.2 Å². The zero-order chi connectivity index (χ0) is 15.9. The summed E-state index contributed by atoms with van der Waals surface area (Å²) < 4.78 is 0. The summed E-state index contributed by atoms with van der Waals surface area (Å²) in [4.78, 5) is 25.3. The summed E-state index contributed by atoms with van der Waals surface area (Å²) in [7, 11) is 1.57. The summed E-state index contributed by atoms with van der Waals surface area (Å²) in [5.41, 5.74) is 1.31. The Labute approximate surface area is 133 Å². The highest BCUT2D eigenvalue weighted by Gasteiger charge is 2.15. The number of nitrogens with zero attached hydrogens (tertiary/aromatic N) is 1. The fourth-order valence-electron chi connectivity index (χ4n) is 1.94. The van der Waals surface area contributed by atoms with Crippen LogP contribution in [0.2, 0.25) is 0 Å². The first-order chi connectivity index (χ1) is 10.6. The van der Waals surface area contributed by atoms with Crippen LogP contribution in [0.25, 0.3) is 0 Å². The quantitative estimate of drug-likeness (QED) is 0.851. The van der Waals surface area contributed by atoms with Crippen LogP contribution in [-0.4, -0.2) is 42.0 Å². The number of benzene rings is 1. The Morgan fingerprint density at radius 1 is 1.27 bits per heavy atom. The molecule has 116 valence electrons. The summed E-state index contributed by atoms with van der Waals surface area (Å²) in [5, 5.41) is 16.2. The number of thiophene rings is 1. The molecule has 6 heteroatoms. The maximum absolute atomic E-state index is 12.1. The van der Waals surface area contributed by atoms with Gasteiger partial charge < -0.3 is 15.3 Å². The smallest absolute Gasteiger partial charge is 0.254 e. The van der Waals surface area contributed by atoms with Gasteiger partial charge in [-0.1, -0.05) is 18.2 Å². The fourth-order valence-corrected chi connectivity index (χ4v) is 2.64. The van der Waals surface area contributed by atoms with Gasteiger partial charge in [-0.05, 0) is 34.5 Å². The van der Waals surface area contributed by atoms with Crippen LogP contribution in [0, 0.1) is 0 Å². The Balaban J connectivity index is 1.80. The summed E-state index contributed by atoms with van der Waals surface area (Å²) >= 11 is 1.49. The minimum Gasteiger partial charge on any atom is -0.387 e. The van der Waals surface area contributed by atoms with Crippen molar-refractivity contribution < 1.29 is 14.7 Å². The summed E-state index contributed by atoms with van der Waals surface area (Å²) in [6, 6.07) is 10.6. The van der Waals surface area contributed by atoms with Gasteiger partial charge in [0.1, 0.15) is 0 Å².